The van der Waals surface area contributed by atoms with Crippen molar-refractivity contribution in [1.29, 1.82) is 0 Å². The molecule has 0 aliphatic heterocycles. The van der Waals surface area contributed by atoms with Gasteiger partial charge in [0.1, 0.15) is 12.3 Å². The van der Waals surface area contributed by atoms with Crippen LogP contribution in [0.25, 0.3) is 0 Å². The predicted molar refractivity (Wildman–Crippen MR) is 98.8 cm³/mol. The second-order valence-corrected chi connectivity index (χ2v) is 5.28. The summed E-state index contributed by atoms with van der Waals surface area (Å²) in [5.74, 6) is 5.72. The van der Waals surface area contributed by atoms with Crippen molar-refractivity contribution < 1.29 is 14.5 Å². The molecule has 0 unspecified atom stereocenters. The smallest absolute Gasteiger partial charge is 0.407 e. The van der Waals surface area contributed by atoms with Gasteiger partial charge in [0.25, 0.3) is 5.69 Å². The van der Waals surface area contributed by atoms with E-state index in [0.717, 1.165) is 5.56 Å². The lowest BCUT2D eigenvalue weighted by Gasteiger charge is -2.05. The molecule has 26 heavy (non-hydrogen) atoms. The fraction of sp³-hybridized carbons (Fsp3) is 0.211. The van der Waals surface area contributed by atoms with E-state index in [2.05, 4.69) is 22.5 Å². The van der Waals surface area contributed by atoms with Crippen molar-refractivity contribution in [2.24, 2.45) is 0 Å². The van der Waals surface area contributed by atoms with Gasteiger partial charge >= 0.3 is 6.09 Å². The molecule has 0 spiro atoms. The molecule has 0 aliphatic carbocycles. The third-order valence-electron chi connectivity index (χ3n) is 3.43. The normalized spacial score (nSPS) is 9.58. The number of carbonyl (C=O) groups is 1. The summed E-state index contributed by atoms with van der Waals surface area (Å²) in [6, 6.07) is 14.1. The summed E-state index contributed by atoms with van der Waals surface area (Å²) in [7, 11) is 1.62. The summed E-state index contributed by atoms with van der Waals surface area (Å²) in [5, 5.41) is 16.4. The number of nitro benzene ring substituents is 1. The summed E-state index contributed by atoms with van der Waals surface area (Å²) < 4.78 is 5.08. The Bertz CT molecular complexity index is 826. The maximum atomic E-state index is 11.6. The van der Waals surface area contributed by atoms with Crippen molar-refractivity contribution in [2.45, 2.75) is 13.0 Å². The van der Waals surface area contributed by atoms with Crippen molar-refractivity contribution in [3.8, 4) is 11.8 Å². The molecular formula is C19H19N3O4. The van der Waals surface area contributed by atoms with Crippen molar-refractivity contribution in [3.05, 3.63) is 69.8 Å². The van der Waals surface area contributed by atoms with Gasteiger partial charge in [0.15, 0.2) is 0 Å². The first-order chi connectivity index (χ1) is 12.6. The molecule has 2 rings (SSSR count). The molecule has 2 N–H and O–H groups in total. The molecule has 7 nitrogen and oxygen atoms in total. The van der Waals surface area contributed by atoms with Crippen LogP contribution in [0.3, 0.4) is 0 Å². The van der Waals surface area contributed by atoms with E-state index in [0.29, 0.717) is 24.2 Å². The van der Waals surface area contributed by atoms with Gasteiger partial charge in [-0.3, -0.25) is 10.1 Å². The topological polar surface area (TPSA) is 93.5 Å². The van der Waals surface area contributed by atoms with Crippen LogP contribution in [0.1, 0.15) is 17.5 Å². The molecule has 0 aromatic heterocycles. The highest BCUT2D eigenvalue weighted by molar-refractivity contribution is 5.67. The van der Waals surface area contributed by atoms with Crippen LogP contribution in [0.2, 0.25) is 0 Å². The molecule has 2 aromatic rings. The van der Waals surface area contributed by atoms with Crippen LogP contribution in [0, 0.1) is 22.0 Å². The largest absolute Gasteiger partial charge is 0.445 e. The maximum absolute atomic E-state index is 11.6. The van der Waals surface area contributed by atoms with Crippen LogP contribution in [0.4, 0.5) is 16.2 Å². The zero-order valence-corrected chi connectivity index (χ0v) is 14.3. The molecule has 0 saturated heterocycles. The standard InChI is InChI=1S/C19H19N3O4/c1-20-17-11-10-15(13-18(17)22(24)25)7-5-6-12-21-19(23)26-14-16-8-3-2-4-9-16/h2-4,8-11,13,20H,6,12,14H2,1H3,(H,21,23). The predicted octanol–water partition coefficient (Wildman–Crippen LogP) is 3.30. The number of carbonyl (C=O) groups excluding carboxylic acids is 1. The zero-order chi connectivity index (χ0) is 18.8. The molecule has 0 heterocycles. The lowest BCUT2D eigenvalue weighted by Crippen LogP contribution is -2.24. The minimum absolute atomic E-state index is 0.0260. The molecule has 7 heteroatoms. The van der Waals surface area contributed by atoms with E-state index in [1.54, 1.807) is 19.2 Å². The summed E-state index contributed by atoms with van der Waals surface area (Å²) in [6.07, 6.45) is -0.105. The van der Waals surface area contributed by atoms with E-state index in [-0.39, 0.29) is 12.3 Å². The molecular weight excluding hydrogens is 334 g/mol. The monoisotopic (exact) mass is 353 g/mol. The molecule has 0 fully saturated rings. The molecule has 0 aliphatic rings. The van der Waals surface area contributed by atoms with Crippen LogP contribution in [0.5, 0.6) is 0 Å². The fourth-order valence-corrected chi connectivity index (χ4v) is 2.14. The highest BCUT2D eigenvalue weighted by Gasteiger charge is 2.12. The SMILES string of the molecule is CNc1ccc(C#CCCNC(=O)OCc2ccccc2)cc1[N+](=O)[O-]. The van der Waals surface area contributed by atoms with E-state index in [9.17, 15) is 14.9 Å². The van der Waals surface area contributed by atoms with Gasteiger partial charge in [-0.1, -0.05) is 42.2 Å². The molecule has 0 saturated carbocycles. The van der Waals surface area contributed by atoms with Crippen molar-refractivity contribution >= 4 is 17.5 Å². The first-order valence-electron chi connectivity index (χ1n) is 8.00. The Kier molecular flexibility index (Phi) is 7.01. The Hall–Kier alpha value is -3.53. The number of rotatable bonds is 6. The number of nitrogens with one attached hydrogen (secondary N) is 2. The Morgan fingerprint density at radius 1 is 1.23 bits per heavy atom. The average molecular weight is 353 g/mol. The van der Waals surface area contributed by atoms with Gasteiger partial charge in [0.2, 0.25) is 0 Å². The number of nitro groups is 1. The van der Waals surface area contributed by atoms with Gasteiger partial charge in [-0.15, -0.1) is 0 Å². The van der Waals surface area contributed by atoms with Crippen molar-refractivity contribution in [1.82, 2.24) is 5.32 Å². The number of ether oxygens (including phenoxy) is 1. The molecule has 2 aromatic carbocycles. The second-order valence-electron chi connectivity index (χ2n) is 5.28. The van der Waals surface area contributed by atoms with E-state index in [1.807, 2.05) is 30.3 Å². The maximum Gasteiger partial charge on any atom is 0.407 e. The Morgan fingerprint density at radius 3 is 2.69 bits per heavy atom. The minimum Gasteiger partial charge on any atom is -0.445 e. The van der Waals surface area contributed by atoms with Crippen molar-refractivity contribution in [2.75, 3.05) is 18.9 Å². The zero-order valence-electron chi connectivity index (χ0n) is 14.3. The van der Waals surface area contributed by atoms with Crippen molar-refractivity contribution in [3.63, 3.8) is 0 Å². The highest BCUT2D eigenvalue weighted by Crippen LogP contribution is 2.24. The van der Waals surface area contributed by atoms with Crippen LogP contribution in [0.15, 0.2) is 48.5 Å². The molecule has 134 valence electrons. The Balaban J connectivity index is 1.77. The summed E-state index contributed by atoms with van der Waals surface area (Å²) in [4.78, 5) is 22.1. The molecule has 0 atom stereocenters. The summed E-state index contributed by atoms with van der Waals surface area (Å²) >= 11 is 0. The minimum atomic E-state index is -0.510. The van der Waals surface area contributed by atoms with Crippen LogP contribution in [-0.2, 0) is 11.3 Å². The van der Waals surface area contributed by atoms with Gasteiger partial charge < -0.3 is 15.4 Å². The third kappa shape index (κ3) is 5.83. The van der Waals surface area contributed by atoms with Gasteiger partial charge in [-0.25, -0.2) is 4.79 Å². The van der Waals surface area contributed by atoms with Crippen LogP contribution >= 0.6 is 0 Å². The number of anilines is 1. The Morgan fingerprint density at radius 2 is 2.00 bits per heavy atom. The lowest BCUT2D eigenvalue weighted by molar-refractivity contribution is -0.384. The first-order valence-corrected chi connectivity index (χ1v) is 8.00. The van der Waals surface area contributed by atoms with E-state index >= 15 is 0 Å². The molecule has 0 bridgehead atoms. The summed E-state index contributed by atoms with van der Waals surface area (Å²) in [6.45, 7) is 0.539. The van der Waals surface area contributed by atoms with Crippen LogP contribution < -0.4 is 10.6 Å². The lowest BCUT2D eigenvalue weighted by atomic mass is 10.1. The average Bonchev–Trinajstić information content (AvgIpc) is 2.66. The molecule has 0 radical (unpaired) electrons. The van der Waals surface area contributed by atoms with Gasteiger partial charge in [0, 0.05) is 31.6 Å². The number of hydrogen-bond acceptors (Lipinski definition) is 5. The third-order valence-corrected chi connectivity index (χ3v) is 3.43. The number of nitrogens with zero attached hydrogens (tertiary/aromatic N) is 1. The van der Waals surface area contributed by atoms with Gasteiger partial charge in [-0.05, 0) is 17.7 Å². The fourth-order valence-electron chi connectivity index (χ4n) is 2.14. The van der Waals surface area contributed by atoms with E-state index in [4.69, 9.17) is 4.74 Å². The number of hydrogen-bond donors (Lipinski definition) is 2. The number of alkyl carbamates (subject to hydrolysis) is 1. The summed E-state index contributed by atoms with van der Waals surface area (Å²) in [5.41, 5.74) is 1.86. The highest BCUT2D eigenvalue weighted by atomic mass is 16.6. The molecule has 1 amide bonds. The quantitative estimate of drug-likeness (QED) is 0.360. The van der Waals surface area contributed by atoms with Gasteiger partial charge in [-0.2, -0.15) is 0 Å². The number of benzene rings is 2. The first kappa shape index (κ1) is 18.8. The Labute approximate surface area is 151 Å². The number of amides is 1. The van der Waals surface area contributed by atoms with Gasteiger partial charge in [0.05, 0.1) is 4.92 Å². The second kappa shape index (κ2) is 9.69. The van der Waals surface area contributed by atoms with E-state index in [1.165, 1.54) is 6.07 Å². The van der Waals surface area contributed by atoms with Crippen LogP contribution in [-0.4, -0.2) is 24.6 Å². The van der Waals surface area contributed by atoms with E-state index < -0.39 is 11.0 Å².